The van der Waals surface area contributed by atoms with Crippen molar-refractivity contribution in [3.63, 3.8) is 0 Å². The third kappa shape index (κ3) is 3.06. The number of nitro groups is 1. The lowest BCUT2D eigenvalue weighted by Gasteiger charge is -1.95. The first-order valence-electron chi connectivity index (χ1n) is 2.14. The summed E-state index contributed by atoms with van der Waals surface area (Å²) in [5, 5.41) is 9.88. The molecule has 0 spiro atoms. The molecule has 0 aliphatic heterocycles. The molecule has 0 aromatic carbocycles. The van der Waals surface area contributed by atoms with E-state index in [0.29, 0.717) is 4.43 Å². The largest absolute Gasteiger partial charge is 0.264 e. The van der Waals surface area contributed by atoms with Gasteiger partial charge in [0.2, 0.25) is 6.04 Å². The Morgan fingerprint density at radius 2 is 2.50 bits per heavy atom. The van der Waals surface area contributed by atoms with Gasteiger partial charge in [-0.25, -0.2) is 0 Å². The molecule has 0 aromatic rings. The number of hydrogen-bond acceptors (Lipinski definition) is 2. The molecule has 1 unspecified atom stereocenters. The first-order chi connectivity index (χ1) is 3.68. The predicted octanol–water partition coefficient (Wildman–Crippen LogP) is 1.05. The molecule has 0 fully saturated rings. The molecule has 0 amide bonds. The van der Waals surface area contributed by atoms with Gasteiger partial charge in [-0.3, -0.25) is 10.1 Å². The van der Waals surface area contributed by atoms with Crippen molar-refractivity contribution >= 4 is 25.2 Å². The molecule has 0 rings (SSSR count). The Kier molecular flexibility index (Phi) is 3.94. The second-order valence-corrected chi connectivity index (χ2v) is 3.44. The summed E-state index contributed by atoms with van der Waals surface area (Å²) < 4.78 is 4.30. The van der Waals surface area contributed by atoms with Crippen LogP contribution < -0.4 is 0 Å². The van der Waals surface area contributed by atoms with Crippen molar-refractivity contribution in [3.8, 4) is 0 Å². The Balaban J connectivity index is 3.46. The van der Waals surface area contributed by atoms with Crippen LogP contribution in [0.15, 0.2) is 0 Å². The van der Waals surface area contributed by atoms with E-state index in [-0.39, 0.29) is 31.7 Å². The molecule has 8 heavy (non-hydrogen) atoms. The van der Waals surface area contributed by atoms with Gasteiger partial charge in [0.1, 0.15) is 0 Å². The van der Waals surface area contributed by atoms with Crippen molar-refractivity contribution in [3.05, 3.63) is 10.1 Å². The zero-order valence-corrected chi connectivity index (χ0v) is 6.79. The lowest BCUT2D eigenvalue weighted by Crippen LogP contribution is -2.15. The summed E-state index contributed by atoms with van der Waals surface area (Å²) in [5.74, 6) is 0. The van der Waals surface area contributed by atoms with Crippen LogP contribution in [0.25, 0.3) is 0 Å². The van der Waals surface area contributed by atoms with Crippen LogP contribution in [0.2, 0.25) is 0 Å². The molecular weight excluding hydrogens is 221 g/mol. The van der Waals surface area contributed by atoms with Crippen LogP contribution in [0.4, 0.5) is 0 Å². The summed E-state index contributed by atoms with van der Waals surface area (Å²) in [5.41, 5.74) is 0. The zero-order valence-electron chi connectivity index (χ0n) is 4.63. The molecule has 0 saturated carbocycles. The summed E-state index contributed by atoms with van der Waals surface area (Å²) in [6.07, 6.45) is 0. The quantitative estimate of drug-likeness (QED) is 0.314. The highest BCUT2D eigenvalue weighted by Crippen LogP contribution is 1.98. The van der Waals surface area contributed by atoms with Gasteiger partial charge in [0.25, 0.3) is 0 Å². The van der Waals surface area contributed by atoms with Gasteiger partial charge in [-0.15, -0.1) is 20.7 Å². The van der Waals surface area contributed by atoms with E-state index in [1.165, 1.54) is 0 Å². The van der Waals surface area contributed by atoms with E-state index in [2.05, 4.69) is 4.51 Å². The highest BCUT2D eigenvalue weighted by molar-refractivity contribution is 14.2. The summed E-state index contributed by atoms with van der Waals surface area (Å²) >= 11 is -0.158. The number of halogens is 1. The molecule has 0 radical (unpaired) electrons. The van der Waals surface area contributed by atoms with Crippen molar-refractivity contribution in [2.75, 3.05) is 4.43 Å². The molecule has 0 aromatic heterocycles. The van der Waals surface area contributed by atoms with E-state index >= 15 is 0 Å². The minimum Gasteiger partial charge on any atom is -0.264 e. The van der Waals surface area contributed by atoms with Gasteiger partial charge < -0.3 is 0 Å². The Hall–Kier alpha value is -0.0000000000000000555. The normalized spacial score (nSPS) is 13.1. The van der Waals surface area contributed by atoms with E-state index in [0.717, 1.165) is 0 Å². The van der Waals surface area contributed by atoms with Gasteiger partial charge in [0.05, 0.1) is 4.43 Å². The summed E-state index contributed by atoms with van der Waals surface area (Å²) in [4.78, 5) is 9.63. The average molecular weight is 229 g/mol. The van der Waals surface area contributed by atoms with E-state index in [9.17, 15) is 10.1 Å². The van der Waals surface area contributed by atoms with Crippen molar-refractivity contribution in [1.29, 1.82) is 0 Å². The van der Waals surface area contributed by atoms with Gasteiger partial charge in [-0.1, -0.05) is 4.51 Å². The highest BCUT2D eigenvalue weighted by atomic mass is 127. The van der Waals surface area contributed by atoms with E-state index in [1.807, 2.05) is 0 Å². The molecule has 0 N–H and O–H groups in total. The Bertz CT molecular complexity index is 104. The maximum atomic E-state index is 9.88. The first-order valence-corrected chi connectivity index (χ1v) is 5.19. The van der Waals surface area contributed by atoms with Crippen LogP contribution in [0.3, 0.4) is 0 Å². The van der Waals surface area contributed by atoms with Gasteiger partial charge in [0.15, 0.2) is 0 Å². The topological polar surface area (TPSA) is 43.1 Å². The molecule has 4 heteroatoms. The van der Waals surface area contributed by atoms with Gasteiger partial charge >= 0.3 is 0 Å². The Morgan fingerprint density at radius 1 is 2.00 bits per heavy atom. The molecule has 0 aliphatic carbocycles. The molecule has 0 bridgehead atoms. The number of rotatable bonds is 3. The molecule has 0 saturated heterocycles. The summed E-state index contributed by atoms with van der Waals surface area (Å²) in [6, 6.07) is -0.375. The smallest absolute Gasteiger partial charge is 0.218 e. The molecule has 1 atom stereocenters. The maximum Gasteiger partial charge on any atom is 0.218 e. The number of hydrogen-bond donors (Lipinski definition) is 0. The lowest BCUT2D eigenvalue weighted by molar-refractivity contribution is -0.511. The Labute approximate surface area is 58.0 Å². The molecular formula is C4H8INO2. The predicted molar refractivity (Wildman–Crippen MR) is 42.5 cm³/mol. The second kappa shape index (κ2) is 3.94. The third-order valence-electron chi connectivity index (χ3n) is 0.692. The summed E-state index contributed by atoms with van der Waals surface area (Å²) in [7, 11) is 0. The van der Waals surface area contributed by atoms with Crippen molar-refractivity contribution in [2.45, 2.75) is 13.0 Å². The van der Waals surface area contributed by atoms with E-state index < -0.39 is 0 Å². The molecule has 0 heterocycles. The zero-order chi connectivity index (χ0) is 6.57. The number of alkyl halides is 1. The lowest BCUT2D eigenvalue weighted by atomic mass is 10.4. The first kappa shape index (κ1) is 8.00. The number of nitrogens with zero attached hydrogens (tertiary/aromatic N) is 1. The molecule has 0 aliphatic rings. The van der Waals surface area contributed by atoms with Crippen LogP contribution in [0.1, 0.15) is 6.92 Å². The summed E-state index contributed by atoms with van der Waals surface area (Å²) in [6.45, 7) is 1.62. The van der Waals surface area contributed by atoms with E-state index in [4.69, 9.17) is 0 Å². The molecule has 3 nitrogen and oxygen atoms in total. The van der Waals surface area contributed by atoms with Gasteiger partial charge in [0, 0.05) is 11.8 Å². The maximum absolute atomic E-state index is 9.88. The minimum atomic E-state index is -0.375. The van der Waals surface area contributed by atoms with Crippen molar-refractivity contribution in [1.82, 2.24) is 0 Å². The van der Waals surface area contributed by atoms with Crippen LogP contribution in [0, 0.1) is 10.1 Å². The standard InChI is InChI=1S/C4H8INO2/c1-4(3-5-2)6(7)8/h4H,2-3H2,1H3. The van der Waals surface area contributed by atoms with E-state index in [1.54, 1.807) is 6.92 Å². The van der Waals surface area contributed by atoms with Crippen molar-refractivity contribution < 1.29 is 4.92 Å². The van der Waals surface area contributed by atoms with Crippen LogP contribution >= 0.6 is 20.7 Å². The highest BCUT2D eigenvalue weighted by Gasteiger charge is 2.08. The fourth-order valence-corrected chi connectivity index (χ4v) is 1.44. The SMILES string of the molecule is C=ICC(C)[N+](=O)[O-]. The minimum absolute atomic E-state index is 0.158. The second-order valence-electron chi connectivity index (χ2n) is 1.48. The Morgan fingerprint density at radius 3 is 2.62 bits per heavy atom. The van der Waals surface area contributed by atoms with Crippen LogP contribution in [-0.2, 0) is 0 Å². The van der Waals surface area contributed by atoms with Crippen LogP contribution in [0.5, 0.6) is 0 Å². The van der Waals surface area contributed by atoms with Crippen molar-refractivity contribution in [2.24, 2.45) is 0 Å². The average Bonchev–Trinajstić information content (AvgIpc) is 1.67. The fourth-order valence-electron chi connectivity index (χ4n) is 0.214. The molecule has 48 valence electrons. The third-order valence-corrected chi connectivity index (χ3v) is 2.59. The fraction of sp³-hybridized carbons (Fsp3) is 0.750. The van der Waals surface area contributed by atoms with Gasteiger partial charge in [-0.05, 0) is 0 Å². The monoisotopic (exact) mass is 229 g/mol. The van der Waals surface area contributed by atoms with Crippen LogP contribution in [-0.4, -0.2) is 19.9 Å². The van der Waals surface area contributed by atoms with Gasteiger partial charge in [-0.2, -0.15) is 0 Å².